The first kappa shape index (κ1) is 19.3. The predicted octanol–water partition coefficient (Wildman–Crippen LogP) is 3.41. The number of benzene rings is 2. The lowest BCUT2D eigenvalue weighted by molar-refractivity contribution is -0.174. The first-order valence-electron chi connectivity index (χ1n) is 10.7. The van der Waals surface area contributed by atoms with Gasteiger partial charge in [0.15, 0.2) is 12.5 Å². The highest BCUT2D eigenvalue weighted by Gasteiger charge is 2.43. The van der Waals surface area contributed by atoms with Gasteiger partial charge >= 0.3 is 0 Å². The van der Waals surface area contributed by atoms with Crippen molar-refractivity contribution in [2.24, 2.45) is 0 Å². The largest absolute Gasteiger partial charge is 0.352 e. The van der Waals surface area contributed by atoms with Gasteiger partial charge in [-0.1, -0.05) is 60.7 Å². The van der Waals surface area contributed by atoms with Gasteiger partial charge in [-0.25, -0.2) is 0 Å². The quantitative estimate of drug-likeness (QED) is 0.767. The van der Waals surface area contributed by atoms with Crippen LogP contribution >= 0.6 is 0 Å². The van der Waals surface area contributed by atoms with Gasteiger partial charge in [0.05, 0.1) is 25.3 Å². The van der Waals surface area contributed by atoms with Gasteiger partial charge in [-0.3, -0.25) is 9.59 Å². The van der Waals surface area contributed by atoms with Gasteiger partial charge in [-0.05, 0) is 12.8 Å². The third-order valence-corrected chi connectivity index (χ3v) is 6.31. The number of carbonyl (C=O) groups excluding carboxylic acids is 2. The van der Waals surface area contributed by atoms with Crippen LogP contribution in [-0.2, 0) is 19.1 Å². The van der Waals surface area contributed by atoms with Crippen LogP contribution in [0.15, 0.2) is 60.7 Å². The number of nitrogens with zero attached hydrogens (tertiary/aromatic N) is 2. The number of rotatable bonds is 2. The fourth-order valence-corrected chi connectivity index (χ4v) is 4.81. The Bertz CT molecular complexity index is 828. The van der Waals surface area contributed by atoms with Crippen molar-refractivity contribution in [3.05, 3.63) is 71.8 Å². The average Bonchev–Trinajstić information content (AvgIpc) is 3.33. The minimum atomic E-state index is -0.458. The molecule has 0 aromatic heterocycles. The van der Waals surface area contributed by atoms with Crippen molar-refractivity contribution < 1.29 is 19.1 Å². The van der Waals surface area contributed by atoms with Crippen LogP contribution in [0.3, 0.4) is 0 Å². The van der Waals surface area contributed by atoms with Gasteiger partial charge in [0, 0.05) is 24.0 Å². The zero-order valence-electron chi connectivity index (χ0n) is 16.9. The van der Waals surface area contributed by atoms with E-state index < -0.39 is 12.5 Å². The molecular weight excluding hydrogens is 380 g/mol. The minimum Gasteiger partial charge on any atom is -0.352 e. The van der Waals surface area contributed by atoms with Crippen molar-refractivity contribution >= 4 is 11.8 Å². The molecule has 3 aliphatic heterocycles. The van der Waals surface area contributed by atoms with E-state index in [4.69, 9.17) is 9.47 Å². The molecule has 3 heterocycles. The summed E-state index contributed by atoms with van der Waals surface area (Å²) in [5, 5.41) is 0. The highest BCUT2D eigenvalue weighted by Crippen LogP contribution is 2.37. The van der Waals surface area contributed by atoms with Crippen LogP contribution in [0.2, 0.25) is 0 Å². The van der Waals surface area contributed by atoms with Crippen LogP contribution in [0, 0.1) is 0 Å². The van der Waals surface area contributed by atoms with Gasteiger partial charge in [-0.15, -0.1) is 0 Å². The Morgan fingerprint density at radius 2 is 1.03 bits per heavy atom. The van der Waals surface area contributed by atoms with E-state index in [0.717, 1.165) is 24.0 Å². The molecule has 0 N–H and O–H groups in total. The second kappa shape index (κ2) is 8.20. The Hall–Kier alpha value is -2.70. The summed E-state index contributed by atoms with van der Waals surface area (Å²) in [6.45, 7) is 0.739. The normalized spacial score (nSPS) is 29.6. The molecule has 0 saturated carbocycles. The maximum atomic E-state index is 12.8. The lowest BCUT2D eigenvalue weighted by atomic mass is 10.1. The fraction of sp³-hybridized carbons (Fsp3) is 0.417. The fourth-order valence-electron chi connectivity index (χ4n) is 4.81. The van der Waals surface area contributed by atoms with Crippen molar-refractivity contribution in [2.45, 2.75) is 50.2 Å². The van der Waals surface area contributed by atoms with E-state index in [2.05, 4.69) is 0 Å². The summed E-state index contributed by atoms with van der Waals surface area (Å²) in [5.74, 6) is 0.183. The zero-order valence-corrected chi connectivity index (χ0v) is 16.9. The Kier molecular flexibility index (Phi) is 5.27. The van der Waals surface area contributed by atoms with E-state index in [0.29, 0.717) is 26.1 Å². The number of hydrogen-bond donors (Lipinski definition) is 0. The smallest absolute Gasteiger partial charge is 0.225 e. The Morgan fingerprint density at radius 3 is 1.43 bits per heavy atom. The highest BCUT2D eigenvalue weighted by molar-refractivity contribution is 5.80. The highest BCUT2D eigenvalue weighted by atomic mass is 16.5. The summed E-state index contributed by atoms with van der Waals surface area (Å²) in [6.07, 6.45) is 1.52. The first-order chi connectivity index (χ1) is 14.7. The molecule has 3 fully saturated rings. The molecule has 3 saturated heterocycles. The van der Waals surface area contributed by atoms with E-state index in [1.165, 1.54) is 0 Å². The molecule has 3 aliphatic rings. The van der Waals surface area contributed by atoms with Crippen LogP contribution in [-0.4, -0.2) is 46.9 Å². The number of ether oxygens (including phenoxy) is 2. The molecule has 6 nitrogen and oxygen atoms in total. The lowest BCUT2D eigenvalue weighted by Gasteiger charge is -2.40. The van der Waals surface area contributed by atoms with Crippen molar-refractivity contribution in [1.82, 2.24) is 9.80 Å². The number of hydrogen-bond acceptors (Lipinski definition) is 4. The second-order valence-corrected chi connectivity index (χ2v) is 8.18. The third kappa shape index (κ3) is 3.50. The molecule has 156 valence electrons. The second-order valence-electron chi connectivity index (χ2n) is 8.18. The molecule has 5 rings (SSSR count). The van der Waals surface area contributed by atoms with Crippen molar-refractivity contribution in [2.75, 3.05) is 13.2 Å². The molecular formula is C24H26N2O4. The lowest BCUT2D eigenvalue weighted by Crippen LogP contribution is -2.47. The minimum absolute atomic E-state index is 0.0804. The molecule has 0 aliphatic carbocycles. The predicted molar refractivity (Wildman–Crippen MR) is 110 cm³/mol. The maximum Gasteiger partial charge on any atom is 0.225 e. The van der Waals surface area contributed by atoms with E-state index in [1.807, 2.05) is 70.5 Å². The van der Waals surface area contributed by atoms with Crippen molar-refractivity contribution in [3.63, 3.8) is 0 Å². The number of fused-ring (bicyclic) bond motifs is 2. The molecule has 6 heteroatoms. The van der Waals surface area contributed by atoms with Gasteiger partial charge in [0.1, 0.15) is 0 Å². The van der Waals surface area contributed by atoms with Gasteiger partial charge in [-0.2, -0.15) is 0 Å². The molecule has 0 spiro atoms. The Morgan fingerprint density at radius 1 is 0.633 bits per heavy atom. The molecule has 0 bridgehead atoms. The summed E-state index contributed by atoms with van der Waals surface area (Å²) in [4.78, 5) is 29.3. The zero-order chi connectivity index (χ0) is 20.5. The van der Waals surface area contributed by atoms with E-state index in [1.54, 1.807) is 0 Å². The summed E-state index contributed by atoms with van der Waals surface area (Å²) in [7, 11) is 0. The van der Waals surface area contributed by atoms with E-state index >= 15 is 0 Å². The van der Waals surface area contributed by atoms with Crippen LogP contribution in [0.4, 0.5) is 0 Å². The van der Waals surface area contributed by atoms with Crippen molar-refractivity contribution in [3.8, 4) is 0 Å². The Balaban J connectivity index is 1.50. The monoisotopic (exact) mass is 406 g/mol. The molecule has 30 heavy (non-hydrogen) atoms. The van der Waals surface area contributed by atoms with E-state index in [-0.39, 0.29) is 23.9 Å². The number of amides is 2. The molecule has 0 unspecified atom stereocenters. The van der Waals surface area contributed by atoms with Gasteiger partial charge < -0.3 is 19.3 Å². The summed E-state index contributed by atoms with van der Waals surface area (Å²) >= 11 is 0. The van der Waals surface area contributed by atoms with Gasteiger partial charge in [0.2, 0.25) is 11.8 Å². The SMILES string of the molecule is O=C1CC[C@@H]2CO[C@@H](c3ccccc3)N3C(=O)CC[C@@H]3CO[C@H](c3ccccc3)N12. The standard InChI is InChI=1S/C24H26N2O4/c27-21-13-11-19-16-30-24(18-9-5-2-6-10-18)26-20(12-14-22(26)28)15-29-23(25(19)21)17-7-3-1-4-8-17/h1-10,19-20,23-24H,11-16H2/t19-,20-,23-,24+/m1/s1. The van der Waals surface area contributed by atoms with Gasteiger partial charge in [0.25, 0.3) is 0 Å². The summed E-state index contributed by atoms with van der Waals surface area (Å²) in [6, 6.07) is 19.5. The average molecular weight is 406 g/mol. The van der Waals surface area contributed by atoms with Crippen LogP contribution < -0.4 is 0 Å². The first-order valence-corrected chi connectivity index (χ1v) is 10.7. The van der Waals surface area contributed by atoms with Crippen LogP contribution in [0.5, 0.6) is 0 Å². The third-order valence-electron chi connectivity index (χ3n) is 6.31. The molecule has 2 amide bonds. The Labute approximate surface area is 176 Å². The van der Waals surface area contributed by atoms with Crippen LogP contribution in [0.1, 0.15) is 49.3 Å². The topological polar surface area (TPSA) is 59.1 Å². The molecule has 4 atom stereocenters. The molecule has 2 aromatic rings. The molecule has 2 aromatic carbocycles. The van der Waals surface area contributed by atoms with Crippen LogP contribution in [0.25, 0.3) is 0 Å². The summed E-state index contributed by atoms with van der Waals surface area (Å²) in [5.41, 5.74) is 1.91. The van der Waals surface area contributed by atoms with E-state index in [9.17, 15) is 9.59 Å². The maximum absolute atomic E-state index is 12.8. The summed E-state index contributed by atoms with van der Waals surface area (Å²) < 4.78 is 12.8. The van der Waals surface area contributed by atoms with Crippen molar-refractivity contribution in [1.29, 1.82) is 0 Å². The molecule has 0 radical (unpaired) electrons. The number of carbonyl (C=O) groups is 2.